The summed E-state index contributed by atoms with van der Waals surface area (Å²) in [6.07, 6.45) is -3.06. The average molecular weight is 379 g/mol. The highest BCUT2D eigenvalue weighted by Gasteiger charge is 2.28. The molecule has 9 heteroatoms. The number of carbonyl (C=O) groups excluding carboxylic acids is 1. The van der Waals surface area contributed by atoms with E-state index < -0.39 is 12.8 Å². The Kier molecular flexibility index (Phi) is 7.32. The zero-order chi connectivity index (χ0) is 17.7. The second-order valence-corrected chi connectivity index (χ2v) is 5.17. The zero-order valence-corrected chi connectivity index (χ0v) is 14.1. The summed E-state index contributed by atoms with van der Waals surface area (Å²) < 4.78 is 46.0. The average Bonchev–Trinajstić information content (AvgIpc) is 3.02. The standard InChI is InChI=1S/C16H17F3N2O3.ClH/c1-10(21-15(22)12-6-14(7-20)23-8-12)11-2-4-13(5-3-11)24-9-16(17,18)19;/h2-6,8,10H,7,9,20H2,1H3,(H,21,22);1H. The fourth-order valence-electron chi connectivity index (χ4n) is 1.99. The van der Waals surface area contributed by atoms with Crippen LogP contribution in [0.4, 0.5) is 13.2 Å². The Bertz CT molecular complexity index is 687. The van der Waals surface area contributed by atoms with E-state index in [2.05, 4.69) is 10.1 Å². The van der Waals surface area contributed by atoms with Crippen molar-refractivity contribution in [1.82, 2.24) is 5.32 Å². The number of alkyl halides is 3. The van der Waals surface area contributed by atoms with Crippen LogP contribution < -0.4 is 15.8 Å². The topological polar surface area (TPSA) is 77.5 Å². The van der Waals surface area contributed by atoms with E-state index in [1.165, 1.54) is 18.4 Å². The normalized spacial score (nSPS) is 12.2. The van der Waals surface area contributed by atoms with Gasteiger partial charge in [0.25, 0.3) is 5.91 Å². The van der Waals surface area contributed by atoms with Gasteiger partial charge in [0.2, 0.25) is 0 Å². The third kappa shape index (κ3) is 6.32. The van der Waals surface area contributed by atoms with E-state index in [1.807, 2.05) is 0 Å². The van der Waals surface area contributed by atoms with Crippen molar-refractivity contribution >= 4 is 18.3 Å². The van der Waals surface area contributed by atoms with Gasteiger partial charge in [-0.25, -0.2) is 0 Å². The minimum atomic E-state index is -4.38. The van der Waals surface area contributed by atoms with Gasteiger partial charge in [-0.3, -0.25) is 4.79 Å². The van der Waals surface area contributed by atoms with E-state index in [1.54, 1.807) is 25.1 Å². The Labute approximate surface area is 148 Å². The summed E-state index contributed by atoms with van der Waals surface area (Å²) in [7, 11) is 0. The molecule has 0 bridgehead atoms. The van der Waals surface area contributed by atoms with Crippen LogP contribution in [0.1, 0.15) is 34.6 Å². The van der Waals surface area contributed by atoms with Crippen LogP contribution in [-0.2, 0) is 6.54 Å². The van der Waals surface area contributed by atoms with Gasteiger partial charge in [-0.05, 0) is 30.7 Å². The minimum Gasteiger partial charge on any atom is -0.484 e. The van der Waals surface area contributed by atoms with Crippen LogP contribution in [0.25, 0.3) is 0 Å². The molecule has 0 aliphatic heterocycles. The van der Waals surface area contributed by atoms with Gasteiger partial charge in [0.1, 0.15) is 17.8 Å². The fourth-order valence-corrected chi connectivity index (χ4v) is 1.99. The first-order chi connectivity index (χ1) is 11.3. The van der Waals surface area contributed by atoms with Crippen LogP contribution in [0.3, 0.4) is 0 Å². The van der Waals surface area contributed by atoms with Crippen molar-refractivity contribution in [1.29, 1.82) is 0 Å². The van der Waals surface area contributed by atoms with E-state index in [0.717, 1.165) is 5.56 Å². The second-order valence-electron chi connectivity index (χ2n) is 5.17. The lowest BCUT2D eigenvalue weighted by atomic mass is 10.1. The van der Waals surface area contributed by atoms with Crippen LogP contribution in [0, 0.1) is 0 Å². The van der Waals surface area contributed by atoms with Crippen LogP contribution in [0.2, 0.25) is 0 Å². The van der Waals surface area contributed by atoms with Gasteiger partial charge in [0, 0.05) is 0 Å². The smallest absolute Gasteiger partial charge is 0.422 e. The molecular weight excluding hydrogens is 361 g/mol. The summed E-state index contributed by atoms with van der Waals surface area (Å²) in [5.74, 6) is 0.277. The van der Waals surface area contributed by atoms with E-state index in [-0.39, 0.29) is 36.7 Å². The van der Waals surface area contributed by atoms with Crippen molar-refractivity contribution in [3.05, 3.63) is 53.5 Å². The Morgan fingerprint density at radius 1 is 1.32 bits per heavy atom. The maximum absolute atomic E-state index is 12.1. The summed E-state index contributed by atoms with van der Waals surface area (Å²) in [6.45, 7) is 0.609. The number of hydrogen-bond acceptors (Lipinski definition) is 4. The molecule has 0 spiro atoms. The first kappa shape index (κ1) is 20.9. The highest BCUT2D eigenvalue weighted by molar-refractivity contribution is 5.94. The number of furan rings is 1. The van der Waals surface area contributed by atoms with E-state index in [4.69, 9.17) is 10.2 Å². The maximum Gasteiger partial charge on any atom is 0.422 e. The van der Waals surface area contributed by atoms with E-state index in [9.17, 15) is 18.0 Å². The summed E-state index contributed by atoms with van der Waals surface area (Å²) in [6, 6.07) is 7.25. The third-order valence-electron chi connectivity index (χ3n) is 3.25. The fraction of sp³-hybridized carbons (Fsp3) is 0.312. The second kappa shape index (κ2) is 8.77. The number of nitrogens with one attached hydrogen (secondary N) is 1. The van der Waals surface area contributed by atoms with Crippen LogP contribution in [0.5, 0.6) is 5.75 Å². The monoisotopic (exact) mass is 378 g/mol. The van der Waals surface area contributed by atoms with Gasteiger partial charge in [-0.2, -0.15) is 13.2 Å². The largest absolute Gasteiger partial charge is 0.484 e. The predicted molar refractivity (Wildman–Crippen MR) is 87.7 cm³/mol. The third-order valence-corrected chi connectivity index (χ3v) is 3.25. The molecule has 2 aromatic rings. The molecule has 1 aromatic heterocycles. The van der Waals surface area contributed by atoms with Crippen LogP contribution >= 0.6 is 12.4 Å². The Morgan fingerprint density at radius 2 is 1.96 bits per heavy atom. The van der Waals surface area contributed by atoms with Crippen molar-refractivity contribution < 1.29 is 27.1 Å². The highest BCUT2D eigenvalue weighted by atomic mass is 35.5. The number of hydrogen-bond donors (Lipinski definition) is 2. The van der Waals surface area contributed by atoms with Gasteiger partial charge < -0.3 is 20.2 Å². The minimum absolute atomic E-state index is 0. The molecule has 1 aromatic carbocycles. The summed E-state index contributed by atoms with van der Waals surface area (Å²) in [5.41, 5.74) is 6.49. The summed E-state index contributed by atoms with van der Waals surface area (Å²) in [4.78, 5) is 12.1. The maximum atomic E-state index is 12.1. The van der Waals surface area contributed by atoms with Crippen molar-refractivity contribution in [2.24, 2.45) is 5.73 Å². The molecule has 3 N–H and O–H groups in total. The lowest BCUT2D eigenvalue weighted by molar-refractivity contribution is -0.153. The van der Waals surface area contributed by atoms with Gasteiger partial charge in [-0.15, -0.1) is 12.4 Å². The predicted octanol–water partition coefficient (Wildman–Crippen LogP) is 3.59. The molecular formula is C16H18ClF3N2O3. The molecule has 5 nitrogen and oxygen atoms in total. The van der Waals surface area contributed by atoms with Gasteiger partial charge >= 0.3 is 6.18 Å². The molecule has 1 heterocycles. The number of amides is 1. The van der Waals surface area contributed by atoms with Crippen molar-refractivity contribution in [3.63, 3.8) is 0 Å². The van der Waals surface area contributed by atoms with Crippen molar-refractivity contribution in [2.45, 2.75) is 25.7 Å². The van der Waals surface area contributed by atoms with Crippen LogP contribution in [0.15, 0.2) is 41.0 Å². The summed E-state index contributed by atoms with van der Waals surface area (Å²) in [5, 5.41) is 2.77. The molecule has 0 radical (unpaired) electrons. The SMILES string of the molecule is CC(NC(=O)c1coc(CN)c1)c1ccc(OCC(F)(F)F)cc1.Cl. The number of carbonyl (C=O) groups is 1. The van der Waals surface area contributed by atoms with E-state index >= 15 is 0 Å². The Morgan fingerprint density at radius 3 is 2.48 bits per heavy atom. The molecule has 0 aliphatic carbocycles. The molecule has 1 unspecified atom stereocenters. The first-order valence-corrected chi connectivity index (χ1v) is 7.16. The van der Waals surface area contributed by atoms with Gasteiger partial charge in [-0.1, -0.05) is 12.1 Å². The molecule has 0 aliphatic rings. The molecule has 0 fully saturated rings. The first-order valence-electron chi connectivity index (χ1n) is 7.16. The van der Waals surface area contributed by atoms with Crippen molar-refractivity contribution in [2.75, 3.05) is 6.61 Å². The molecule has 138 valence electrons. The quantitative estimate of drug-likeness (QED) is 0.805. The van der Waals surface area contributed by atoms with Crippen LogP contribution in [-0.4, -0.2) is 18.7 Å². The van der Waals surface area contributed by atoms with E-state index in [0.29, 0.717) is 11.3 Å². The molecule has 25 heavy (non-hydrogen) atoms. The lowest BCUT2D eigenvalue weighted by Crippen LogP contribution is -2.26. The number of nitrogens with two attached hydrogens (primary N) is 1. The Balaban J connectivity index is 0.00000312. The molecule has 2 rings (SSSR count). The number of halogens is 4. The van der Waals surface area contributed by atoms with Crippen molar-refractivity contribution in [3.8, 4) is 5.75 Å². The number of ether oxygens (including phenoxy) is 1. The Hall–Kier alpha value is -2.19. The molecule has 0 saturated carbocycles. The number of benzene rings is 1. The highest BCUT2D eigenvalue weighted by Crippen LogP contribution is 2.21. The summed E-state index contributed by atoms with van der Waals surface area (Å²) >= 11 is 0. The molecule has 1 atom stereocenters. The zero-order valence-electron chi connectivity index (χ0n) is 13.3. The molecule has 0 saturated heterocycles. The lowest BCUT2D eigenvalue weighted by Gasteiger charge is -2.15. The molecule has 1 amide bonds. The number of rotatable bonds is 6. The van der Waals surface area contributed by atoms with Gasteiger partial charge in [0.05, 0.1) is 18.2 Å². The van der Waals surface area contributed by atoms with Gasteiger partial charge in [0.15, 0.2) is 6.61 Å².